The molecule has 134 valence electrons. The zero-order valence-electron chi connectivity index (χ0n) is 14.3. The molecule has 0 saturated heterocycles. The summed E-state index contributed by atoms with van der Waals surface area (Å²) in [6.07, 6.45) is 0. The molecule has 4 aromatic rings. The summed E-state index contributed by atoms with van der Waals surface area (Å²) in [4.78, 5) is 18.8. The highest BCUT2D eigenvalue weighted by Crippen LogP contribution is 2.30. The number of aryl methyl sites for hydroxylation is 1. The van der Waals surface area contributed by atoms with Gasteiger partial charge in [0, 0.05) is 16.7 Å². The number of aromatic nitrogens is 2. The number of carboxylic acids is 1. The van der Waals surface area contributed by atoms with Crippen LogP contribution in [0.2, 0.25) is 0 Å². The average Bonchev–Trinajstić information content (AvgIpc) is 3.05. The molecule has 1 aromatic heterocycles. The lowest BCUT2D eigenvalue weighted by atomic mass is 10.0. The second-order valence-electron chi connectivity index (χ2n) is 6.27. The number of nitrogens with zero attached hydrogens (tertiary/aromatic N) is 1. The van der Waals surface area contributed by atoms with Crippen molar-refractivity contribution < 1.29 is 18.7 Å². The van der Waals surface area contributed by atoms with Crippen LogP contribution in [0, 0.1) is 18.6 Å². The predicted octanol–water partition coefficient (Wildman–Crippen LogP) is 5.18. The third kappa shape index (κ3) is 2.95. The molecular weight excluding hydrogens is 350 g/mol. The molecule has 0 atom stereocenters. The summed E-state index contributed by atoms with van der Waals surface area (Å²) in [6, 6.07) is 13.6. The first-order valence-electron chi connectivity index (χ1n) is 8.22. The van der Waals surface area contributed by atoms with Crippen molar-refractivity contribution >= 4 is 17.0 Å². The van der Waals surface area contributed by atoms with Crippen LogP contribution in [0.5, 0.6) is 0 Å². The lowest BCUT2D eigenvalue weighted by Crippen LogP contribution is -1.98. The number of hydrogen-bond acceptors (Lipinski definition) is 2. The molecule has 0 saturated carbocycles. The van der Waals surface area contributed by atoms with Gasteiger partial charge < -0.3 is 10.1 Å². The van der Waals surface area contributed by atoms with Gasteiger partial charge in [-0.15, -0.1) is 0 Å². The highest BCUT2D eigenvalue weighted by Gasteiger charge is 2.16. The molecule has 1 heterocycles. The third-order valence-electron chi connectivity index (χ3n) is 4.37. The standard InChI is InChI=1S/C21H14F2N2O2/c1-11-8-15(21(26)27)19-18(9-11)24-20(25-19)12-6-7-14(17(23)10-12)13-4-2-3-5-16(13)22/h2-10H,1H3,(H,24,25)(H,26,27). The third-order valence-corrected chi connectivity index (χ3v) is 4.37. The van der Waals surface area contributed by atoms with Crippen LogP contribution < -0.4 is 0 Å². The maximum atomic E-state index is 14.6. The number of hydrogen-bond donors (Lipinski definition) is 2. The summed E-state index contributed by atoms with van der Waals surface area (Å²) < 4.78 is 28.6. The highest BCUT2D eigenvalue weighted by atomic mass is 19.1. The topological polar surface area (TPSA) is 66.0 Å². The van der Waals surface area contributed by atoms with Crippen LogP contribution in [0.3, 0.4) is 0 Å². The quantitative estimate of drug-likeness (QED) is 0.526. The van der Waals surface area contributed by atoms with Crippen LogP contribution in [0.1, 0.15) is 15.9 Å². The molecule has 0 aliphatic heterocycles. The van der Waals surface area contributed by atoms with E-state index in [0.29, 0.717) is 22.4 Å². The van der Waals surface area contributed by atoms with Gasteiger partial charge in [-0.1, -0.05) is 30.3 Å². The fraction of sp³-hybridized carbons (Fsp3) is 0.0476. The Balaban J connectivity index is 1.83. The van der Waals surface area contributed by atoms with Gasteiger partial charge in [0.25, 0.3) is 0 Å². The molecule has 3 aromatic carbocycles. The van der Waals surface area contributed by atoms with E-state index in [9.17, 15) is 18.7 Å². The van der Waals surface area contributed by atoms with Crippen molar-refractivity contribution in [3.8, 4) is 22.5 Å². The first kappa shape index (κ1) is 16.9. The number of aromatic carboxylic acids is 1. The van der Waals surface area contributed by atoms with E-state index in [1.807, 2.05) is 0 Å². The van der Waals surface area contributed by atoms with Crippen molar-refractivity contribution in [1.82, 2.24) is 9.97 Å². The van der Waals surface area contributed by atoms with E-state index in [0.717, 1.165) is 5.56 Å². The molecule has 27 heavy (non-hydrogen) atoms. The molecule has 0 aliphatic carbocycles. The van der Waals surface area contributed by atoms with E-state index < -0.39 is 17.6 Å². The Labute approximate surface area is 153 Å². The summed E-state index contributed by atoms with van der Waals surface area (Å²) in [5.41, 5.74) is 2.50. The predicted molar refractivity (Wildman–Crippen MR) is 98.6 cm³/mol. The monoisotopic (exact) mass is 364 g/mol. The molecule has 0 aliphatic rings. The summed E-state index contributed by atoms with van der Waals surface area (Å²) in [6.45, 7) is 1.78. The smallest absolute Gasteiger partial charge is 0.337 e. The lowest BCUT2D eigenvalue weighted by Gasteiger charge is -2.06. The van der Waals surface area contributed by atoms with Crippen LogP contribution in [-0.4, -0.2) is 21.0 Å². The summed E-state index contributed by atoms with van der Waals surface area (Å²) in [5.74, 6) is -1.82. The van der Waals surface area contributed by atoms with Gasteiger partial charge in [0.1, 0.15) is 17.5 Å². The van der Waals surface area contributed by atoms with Gasteiger partial charge >= 0.3 is 5.97 Å². The zero-order valence-corrected chi connectivity index (χ0v) is 14.3. The maximum absolute atomic E-state index is 14.6. The van der Waals surface area contributed by atoms with Gasteiger partial charge in [0.05, 0.1) is 16.6 Å². The minimum atomic E-state index is -1.07. The number of carbonyl (C=O) groups is 1. The summed E-state index contributed by atoms with van der Waals surface area (Å²) in [7, 11) is 0. The van der Waals surface area contributed by atoms with Crippen molar-refractivity contribution in [2.24, 2.45) is 0 Å². The first-order chi connectivity index (χ1) is 12.9. The molecule has 2 N–H and O–H groups in total. The number of imidazole rings is 1. The molecule has 4 nitrogen and oxygen atoms in total. The first-order valence-corrected chi connectivity index (χ1v) is 8.22. The lowest BCUT2D eigenvalue weighted by molar-refractivity contribution is 0.0698. The minimum absolute atomic E-state index is 0.104. The van der Waals surface area contributed by atoms with Crippen molar-refractivity contribution in [2.75, 3.05) is 0 Å². The molecule has 0 bridgehead atoms. The molecular formula is C21H14F2N2O2. The number of rotatable bonds is 3. The van der Waals surface area contributed by atoms with Crippen LogP contribution in [0.4, 0.5) is 8.78 Å². The Morgan fingerprint density at radius 2 is 1.74 bits per heavy atom. The second kappa shape index (κ2) is 6.32. The number of carboxylic acid groups (broad SMARTS) is 1. The van der Waals surface area contributed by atoms with Crippen molar-refractivity contribution in [2.45, 2.75) is 6.92 Å². The highest BCUT2D eigenvalue weighted by molar-refractivity contribution is 6.02. The Kier molecular flexibility index (Phi) is 3.96. The normalized spacial score (nSPS) is 11.1. The van der Waals surface area contributed by atoms with Crippen molar-refractivity contribution in [1.29, 1.82) is 0 Å². The molecule has 0 fully saturated rings. The second-order valence-corrected chi connectivity index (χ2v) is 6.27. The van der Waals surface area contributed by atoms with Gasteiger partial charge in [-0.05, 0) is 36.8 Å². The number of nitrogens with one attached hydrogen (secondary N) is 1. The minimum Gasteiger partial charge on any atom is -0.478 e. The zero-order chi connectivity index (χ0) is 19.1. The fourth-order valence-corrected chi connectivity index (χ4v) is 3.12. The molecule has 4 rings (SSSR count). The summed E-state index contributed by atoms with van der Waals surface area (Å²) in [5, 5.41) is 9.38. The largest absolute Gasteiger partial charge is 0.478 e. The van der Waals surface area contributed by atoms with Gasteiger partial charge in [-0.2, -0.15) is 0 Å². The number of aromatic amines is 1. The van der Waals surface area contributed by atoms with Crippen LogP contribution in [-0.2, 0) is 0 Å². The molecule has 0 radical (unpaired) electrons. The SMILES string of the molecule is Cc1cc(C(=O)O)c2[nH]c(-c3ccc(-c4ccccc4F)c(F)c3)nc2c1. The van der Waals surface area contributed by atoms with E-state index in [4.69, 9.17) is 0 Å². The van der Waals surface area contributed by atoms with Crippen LogP contribution >= 0.6 is 0 Å². The van der Waals surface area contributed by atoms with Crippen LogP contribution in [0.15, 0.2) is 54.6 Å². The maximum Gasteiger partial charge on any atom is 0.337 e. The van der Waals surface area contributed by atoms with Gasteiger partial charge in [-0.3, -0.25) is 0 Å². The summed E-state index contributed by atoms with van der Waals surface area (Å²) >= 11 is 0. The van der Waals surface area contributed by atoms with E-state index >= 15 is 0 Å². The average molecular weight is 364 g/mol. The van der Waals surface area contributed by atoms with E-state index in [1.54, 1.807) is 37.3 Å². The molecule has 0 unspecified atom stereocenters. The van der Waals surface area contributed by atoms with E-state index in [2.05, 4.69) is 9.97 Å². The van der Waals surface area contributed by atoms with Crippen molar-refractivity contribution in [3.63, 3.8) is 0 Å². The Morgan fingerprint density at radius 1 is 1.00 bits per heavy atom. The number of halogens is 2. The fourth-order valence-electron chi connectivity index (χ4n) is 3.12. The van der Waals surface area contributed by atoms with Crippen LogP contribution in [0.25, 0.3) is 33.5 Å². The molecule has 0 spiro atoms. The number of benzene rings is 3. The van der Waals surface area contributed by atoms with Gasteiger partial charge in [0.2, 0.25) is 0 Å². The van der Waals surface area contributed by atoms with E-state index in [-0.39, 0.29) is 16.7 Å². The van der Waals surface area contributed by atoms with E-state index in [1.165, 1.54) is 24.3 Å². The van der Waals surface area contributed by atoms with Gasteiger partial charge in [-0.25, -0.2) is 18.6 Å². The Hall–Kier alpha value is -3.54. The number of fused-ring (bicyclic) bond motifs is 1. The Bertz CT molecular complexity index is 1200. The molecule has 0 amide bonds. The van der Waals surface area contributed by atoms with Crippen molar-refractivity contribution in [3.05, 3.63) is 77.4 Å². The number of H-pyrrole nitrogens is 1. The molecule has 6 heteroatoms. The van der Waals surface area contributed by atoms with Gasteiger partial charge in [0.15, 0.2) is 0 Å². The Morgan fingerprint density at radius 3 is 2.44 bits per heavy atom.